The van der Waals surface area contributed by atoms with Crippen LogP contribution in [0.2, 0.25) is 0 Å². The number of carbonyl (C=O) groups is 2. The first-order chi connectivity index (χ1) is 17.5. The molecule has 2 aliphatic heterocycles. The Kier molecular flexibility index (Phi) is 10.5. The van der Waals surface area contributed by atoms with E-state index in [1.807, 2.05) is 0 Å². The van der Waals surface area contributed by atoms with Crippen molar-refractivity contribution in [2.24, 2.45) is 11.8 Å². The first kappa shape index (κ1) is 31.7. The second kappa shape index (κ2) is 12.6. The molecule has 0 radical (unpaired) electrons. The van der Waals surface area contributed by atoms with E-state index >= 15 is 0 Å². The van der Waals surface area contributed by atoms with Gasteiger partial charge in [0.1, 0.15) is 4.90 Å². The molecule has 3 fully saturated rings. The van der Waals surface area contributed by atoms with Crippen LogP contribution in [0.15, 0.2) is 29.4 Å². The molecule has 1 aromatic heterocycles. The van der Waals surface area contributed by atoms with Gasteiger partial charge in [0.25, 0.3) is 0 Å². The van der Waals surface area contributed by atoms with Gasteiger partial charge in [0.2, 0.25) is 10.0 Å². The lowest BCUT2D eigenvalue weighted by atomic mass is 9.91. The molecule has 216 valence electrons. The molecule has 38 heavy (non-hydrogen) atoms. The second-order valence-corrected chi connectivity index (χ2v) is 10.8. The number of aliphatic carboxylic acids is 2. The number of aromatic nitrogens is 1. The van der Waals surface area contributed by atoms with Gasteiger partial charge in [0, 0.05) is 57.6 Å². The summed E-state index contributed by atoms with van der Waals surface area (Å²) in [4.78, 5) is 24.5. The van der Waals surface area contributed by atoms with Crippen molar-refractivity contribution in [3.8, 4) is 0 Å². The third-order valence-electron chi connectivity index (χ3n) is 6.13. The number of pyridine rings is 1. The highest BCUT2D eigenvalue weighted by atomic mass is 32.2. The third-order valence-corrected chi connectivity index (χ3v) is 8.04. The number of likely N-dealkylation sites (tertiary alicyclic amines) is 1. The monoisotopic (exact) mass is 579 g/mol. The molecule has 2 N–H and O–H groups in total. The highest BCUT2D eigenvalue weighted by Crippen LogP contribution is 2.38. The first-order valence-electron chi connectivity index (χ1n) is 11.3. The summed E-state index contributed by atoms with van der Waals surface area (Å²) in [5, 5.41) is 14.2. The Morgan fingerprint density at radius 2 is 1.61 bits per heavy atom. The number of sulfonamides is 1. The van der Waals surface area contributed by atoms with Crippen LogP contribution >= 0.6 is 0 Å². The predicted octanol–water partition coefficient (Wildman–Crippen LogP) is 2.47. The number of halogens is 6. The van der Waals surface area contributed by atoms with Crippen LogP contribution in [0.4, 0.5) is 26.3 Å². The molecule has 3 heterocycles. The van der Waals surface area contributed by atoms with Crippen LogP contribution in [0.25, 0.3) is 0 Å². The summed E-state index contributed by atoms with van der Waals surface area (Å²) in [6.07, 6.45) is -3.57. The summed E-state index contributed by atoms with van der Waals surface area (Å²) in [5.74, 6) is -4.44. The highest BCUT2D eigenvalue weighted by molar-refractivity contribution is 7.89. The van der Waals surface area contributed by atoms with Crippen LogP contribution in [-0.4, -0.2) is 103 Å². The number of alkyl halides is 6. The molecule has 1 aromatic rings. The molecule has 3 aliphatic rings. The first-order valence-corrected chi connectivity index (χ1v) is 12.7. The topological polar surface area (TPSA) is 137 Å². The SMILES string of the molecule is CO[C@H]1CCN(S(=O)(=O)c2cccnc2)[C@@H]2CN(CC3CC3)C[C@H]12.O=C(O)C(F)(F)F.O=C(O)C(F)(F)F. The fourth-order valence-electron chi connectivity index (χ4n) is 4.24. The van der Waals surface area contributed by atoms with Crippen molar-refractivity contribution in [1.29, 1.82) is 0 Å². The number of fused-ring (bicyclic) bond motifs is 1. The van der Waals surface area contributed by atoms with Gasteiger partial charge in [0.05, 0.1) is 6.10 Å². The average molecular weight is 580 g/mol. The van der Waals surface area contributed by atoms with Gasteiger partial charge in [-0.3, -0.25) is 4.98 Å². The molecule has 0 unspecified atom stereocenters. The number of nitrogens with zero attached hydrogens (tertiary/aromatic N) is 3. The largest absolute Gasteiger partial charge is 0.490 e. The molecule has 0 amide bonds. The zero-order valence-electron chi connectivity index (χ0n) is 20.0. The molecule has 4 rings (SSSR count). The van der Waals surface area contributed by atoms with Crippen molar-refractivity contribution >= 4 is 22.0 Å². The van der Waals surface area contributed by atoms with Crippen LogP contribution < -0.4 is 0 Å². The third kappa shape index (κ3) is 8.78. The number of piperidine rings is 1. The van der Waals surface area contributed by atoms with E-state index in [1.54, 1.807) is 29.7 Å². The Labute approximate surface area is 214 Å². The summed E-state index contributed by atoms with van der Waals surface area (Å²) < 4.78 is 97.0. The van der Waals surface area contributed by atoms with E-state index in [0.29, 0.717) is 11.4 Å². The van der Waals surface area contributed by atoms with E-state index in [1.165, 1.54) is 19.0 Å². The highest BCUT2D eigenvalue weighted by Gasteiger charge is 2.49. The number of rotatable bonds is 5. The zero-order valence-corrected chi connectivity index (χ0v) is 20.8. The smallest absolute Gasteiger partial charge is 0.475 e. The molecule has 1 saturated carbocycles. The predicted molar refractivity (Wildman–Crippen MR) is 117 cm³/mol. The summed E-state index contributed by atoms with van der Waals surface area (Å²) in [7, 11) is -1.75. The second-order valence-electron chi connectivity index (χ2n) is 8.87. The number of methoxy groups -OCH3 is 1. The minimum atomic E-state index is -5.08. The van der Waals surface area contributed by atoms with Crippen LogP contribution in [0.3, 0.4) is 0 Å². The molecular formula is C21H27F6N3O7S. The van der Waals surface area contributed by atoms with Crippen molar-refractivity contribution in [2.45, 2.75) is 48.7 Å². The fraction of sp³-hybridized carbons (Fsp3) is 0.667. The zero-order chi connectivity index (χ0) is 28.9. The molecule has 0 spiro atoms. The Morgan fingerprint density at radius 1 is 1.05 bits per heavy atom. The van der Waals surface area contributed by atoms with E-state index in [4.69, 9.17) is 24.5 Å². The quantitative estimate of drug-likeness (QED) is 0.504. The summed E-state index contributed by atoms with van der Waals surface area (Å²) in [6, 6.07) is 3.32. The summed E-state index contributed by atoms with van der Waals surface area (Å²) in [5.41, 5.74) is 0. The molecule has 1 aliphatic carbocycles. The fourth-order valence-corrected chi connectivity index (χ4v) is 5.88. The minimum absolute atomic E-state index is 0.00709. The number of hydrogen-bond donors (Lipinski definition) is 2. The molecule has 2 saturated heterocycles. The maximum absolute atomic E-state index is 13.1. The molecule has 0 aromatic carbocycles. The summed E-state index contributed by atoms with van der Waals surface area (Å²) in [6.45, 7) is 3.39. The van der Waals surface area contributed by atoms with Gasteiger partial charge in [-0.1, -0.05) is 0 Å². The van der Waals surface area contributed by atoms with Crippen molar-refractivity contribution in [3.63, 3.8) is 0 Å². The lowest BCUT2D eigenvalue weighted by Crippen LogP contribution is -2.53. The molecule has 10 nitrogen and oxygen atoms in total. The van der Waals surface area contributed by atoms with Gasteiger partial charge < -0.3 is 19.8 Å². The van der Waals surface area contributed by atoms with E-state index in [9.17, 15) is 34.8 Å². The normalized spacial score (nSPS) is 24.3. The molecule has 3 atom stereocenters. The van der Waals surface area contributed by atoms with Crippen molar-refractivity contribution < 1.29 is 59.3 Å². The Balaban J connectivity index is 0.000000301. The number of carboxylic acids is 2. The lowest BCUT2D eigenvalue weighted by molar-refractivity contribution is -0.193. The van der Waals surface area contributed by atoms with Crippen molar-refractivity contribution in [3.05, 3.63) is 24.5 Å². The van der Waals surface area contributed by atoms with E-state index in [0.717, 1.165) is 32.0 Å². The Morgan fingerprint density at radius 3 is 2.03 bits per heavy atom. The van der Waals surface area contributed by atoms with Crippen LogP contribution in [0.1, 0.15) is 19.3 Å². The Bertz CT molecular complexity index is 1030. The summed E-state index contributed by atoms with van der Waals surface area (Å²) >= 11 is 0. The standard InChI is InChI=1S/C17H25N3O3S.2C2HF3O2/c1-23-17-6-8-20(24(21,22)14-3-2-7-18-9-14)16-12-19(11-15(16)17)10-13-4-5-13;2*3-2(4,5)1(6)7/h2-3,7,9,13,15-17H,4-6,8,10-12H2,1H3;2*(H,6,7)/t15-,16+,17-;;/m0../s1. The van der Waals surface area contributed by atoms with Crippen molar-refractivity contribution in [1.82, 2.24) is 14.2 Å². The number of ether oxygens (including phenoxy) is 1. The number of carboxylic acid groups (broad SMARTS) is 2. The Hall–Kier alpha value is -2.50. The van der Waals surface area contributed by atoms with Crippen molar-refractivity contribution in [2.75, 3.05) is 33.3 Å². The van der Waals surface area contributed by atoms with Gasteiger partial charge in [0.15, 0.2) is 0 Å². The molecule has 0 bridgehead atoms. The molecular weight excluding hydrogens is 552 g/mol. The van der Waals surface area contributed by atoms with Crippen LogP contribution in [0, 0.1) is 11.8 Å². The van der Waals surface area contributed by atoms with E-state index < -0.39 is 34.3 Å². The number of hydrogen-bond acceptors (Lipinski definition) is 7. The van der Waals surface area contributed by atoms with Gasteiger partial charge in [-0.25, -0.2) is 18.0 Å². The average Bonchev–Trinajstić information content (AvgIpc) is 3.53. The lowest BCUT2D eigenvalue weighted by Gasteiger charge is -2.40. The van der Waals surface area contributed by atoms with Gasteiger partial charge in [-0.2, -0.15) is 30.6 Å². The van der Waals surface area contributed by atoms with Gasteiger partial charge >= 0.3 is 24.3 Å². The van der Waals surface area contributed by atoms with E-state index in [-0.39, 0.29) is 18.1 Å². The maximum Gasteiger partial charge on any atom is 0.490 e. The van der Waals surface area contributed by atoms with E-state index in [2.05, 4.69) is 9.88 Å². The van der Waals surface area contributed by atoms with Gasteiger partial charge in [-0.15, -0.1) is 0 Å². The maximum atomic E-state index is 13.1. The van der Waals surface area contributed by atoms with Crippen LogP contribution in [0.5, 0.6) is 0 Å². The molecule has 17 heteroatoms. The van der Waals surface area contributed by atoms with Gasteiger partial charge in [-0.05, 0) is 37.3 Å². The minimum Gasteiger partial charge on any atom is -0.475 e. The van der Waals surface area contributed by atoms with Crippen LogP contribution in [-0.2, 0) is 24.3 Å².